The fraction of sp³-hybridized carbons (Fsp3) is 0.533. The molecular weight excluding hydrogens is 356 g/mol. The number of benzene rings is 1. The number of carbonyl (C=O) groups excluding carboxylic acids is 1. The second kappa shape index (κ2) is 7.09. The summed E-state index contributed by atoms with van der Waals surface area (Å²) in [5, 5.41) is 6.51. The SMILES string of the molecule is Cl.O=C(CC1COCCN1)NC1(c2ccc(Br)cc2)CC1. The number of hydrogen-bond donors (Lipinski definition) is 2. The number of rotatable bonds is 4. The van der Waals surface area contributed by atoms with Crippen molar-refractivity contribution in [3.8, 4) is 0 Å². The molecular formula is C15H20BrClN2O2. The number of morpholine rings is 1. The van der Waals surface area contributed by atoms with Crippen LogP contribution in [-0.2, 0) is 15.1 Å². The Balaban J connectivity index is 0.00000161. The average molecular weight is 376 g/mol. The van der Waals surface area contributed by atoms with Gasteiger partial charge in [-0.25, -0.2) is 0 Å². The third-order valence-corrected chi connectivity index (χ3v) is 4.48. The predicted octanol–water partition coefficient (Wildman–Crippen LogP) is 2.35. The van der Waals surface area contributed by atoms with Crippen molar-refractivity contribution in [2.24, 2.45) is 0 Å². The molecule has 21 heavy (non-hydrogen) atoms. The molecule has 1 aliphatic carbocycles. The van der Waals surface area contributed by atoms with Crippen LogP contribution in [-0.4, -0.2) is 31.7 Å². The summed E-state index contributed by atoms with van der Waals surface area (Å²) < 4.78 is 6.44. The fourth-order valence-corrected chi connectivity index (χ4v) is 2.94. The average Bonchev–Trinajstić information content (AvgIpc) is 3.21. The van der Waals surface area contributed by atoms with Gasteiger partial charge in [0.25, 0.3) is 0 Å². The lowest BCUT2D eigenvalue weighted by Gasteiger charge is -2.25. The third kappa shape index (κ3) is 4.19. The van der Waals surface area contributed by atoms with Gasteiger partial charge < -0.3 is 15.4 Å². The van der Waals surface area contributed by atoms with Crippen LogP contribution in [0.4, 0.5) is 0 Å². The van der Waals surface area contributed by atoms with Gasteiger partial charge in [-0.15, -0.1) is 12.4 Å². The van der Waals surface area contributed by atoms with Crippen molar-refractivity contribution >= 4 is 34.2 Å². The summed E-state index contributed by atoms with van der Waals surface area (Å²) in [6.45, 7) is 2.19. The van der Waals surface area contributed by atoms with Gasteiger partial charge in [0.05, 0.1) is 18.8 Å². The lowest BCUT2D eigenvalue weighted by atomic mass is 10.0. The normalized spacial score (nSPS) is 23.0. The van der Waals surface area contributed by atoms with Gasteiger partial charge >= 0.3 is 0 Å². The number of nitrogens with one attached hydrogen (secondary N) is 2. The van der Waals surface area contributed by atoms with Crippen LogP contribution in [0.15, 0.2) is 28.7 Å². The first-order valence-electron chi connectivity index (χ1n) is 7.06. The molecule has 2 aliphatic rings. The van der Waals surface area contributed by atoms with E-state index in [-0.39, 0.29) is 29.9 Å². The van der Waals surface area contributed by atoms with E-state index in [0.717, 1.165) is 30.5 Å². The quantitative estimate of drug-likeness (QED) is 0.849. The van der Waals surface area contributed by atoms with Crippen LogP contribution in [0.3, 0.4) is 0 Å². The zero-order valence-corrected chi connectivity index (χ0v) is 14.1. The topological polar surface area (TPSA) is 50.4 Å². The Hall–Kier alpha value is -0.620. The molecule has 0 radical (unpaired) electrons. The smallest absolute Gasteiger partial charge is 0.222 e. The van der Waals surface area contributed by atoms with Crippen molar-refractivity contribution < 1.29 is 9.53 Å². The number of hydrogen-bond acceptors (Lipinski definition) is 3. The largest absolute Gasteiger partial charge is 0.378 e. The van der Waals surface area contributed by atoms with Crippen molar-refractivity contribution in [3.05, 3.63) is 34.3 Å². The first kappa shape index (κ1) is 16.7. The lowest BCUT2D eigenvalue weighted by Crippen LogP contribution is -2.45. The zero-order chi connectivity index (χ0) is 14.0. The Bertz CT molecular complexity index is 485. The summed E-state index contributed by atoms with van der Waals surface area (Å²) in [6.07, 6.45) is 2.53. The number of ether oxygens (including phenoxy) is 1. The number of carbonyl (C=O) groups is 1. The Labute approximate surface area is 139 Å². The van der Waals surface area contributed by atoms with Crippen molar-refractivity contribution in [1.29, 1.82) is 0 Å². The lowest BCUT2D eigenvalue weighted by molar-refractivity contribution is -0.123. The van der Waals surface area contributed by atoms with Crippen LogP contribution >= 0.6 is 28.3 Å². The van der Waals surface area contributed by atoms with E-state index in [0.29, 0.717) is 13.0 Å². The Morgan fingerprint density at radius 3 is 2.67 bits per heavy atom. The van der Waals surface area contributed by atoms with Gasteiger partial charge in [0, 0.05) is 23.5 Å². The molecule has 0 spiro atoms. The predicted molar refractivity (Wildman–Crippen MR) is 87.7 cm³/mol. The summed E-state index contributed by atoms with van der Waals surface area (Å²) >= 11 is 3.44. The minimum atomic E-state index is -0.132. The van der Waals surface area contributed by atoms with E-state index in [4.69, 9.17) is 4.74 Å². The van der Waals surface area contributed by atoms with Crippen LogP contribution in [0.2, 0.25) is 0 Å². The van der Waals surface area contributed by atoms with Crippen LogP contribution in [0.5, 0.6) is 0 Å². The van der Waals surface area contributed by atoms with Crippen molar-refractivity contribution in [2.45, 2.75) is 30.8 Å². The molecule has 1 saturated heterocycles. The summed E-state index contributed by atoms with van der Waals surface area (Å²) in [7, 11) is 0. The summed E-state index contributed by atoms with van der Waals surface area (Å²) in [5.41, 5.74) is 1.06. The van der Waals surface area contributed by atoms with E-state index in [1.165, 1.54) is 5.56 Å². The van der Waals surface area contributed by atoms with Gasteiger partial charge in [0.15, 0.2) is 0 Å². The van der Waals surface area contributed by atoms with Crippen LogP contribution in [0, 0.1) is 0 Å². The molecule has 1 unspecified atom stereocenters. The van der Waals surface area contributed by atoms with E-state index in [2.05, 4.69) is 38.7 Å². The highest BCUT2D eigenvalue weighted by Gasteiger charge is 2.45. The van der Waals surface area contributed by atoms with E-state index in [1.54, 1.807) is 0 Å². The second-order valence-corrected chi connectivity index (χ2v) is 6.48. The van der Waals surface area contributed by atoms with E-state index in [1.807, 2.05) is 12.1 Å². The Morgan fingerprint density at radius 2 is 2.10 bits per heavy atom. The standard InChI is InChI=1S/C15H19BrN2O2.ClH/c16-12-3-1-11(2-4-12)15(5-6-15)18-14(19)9-13-10-20-8-7-17-13;/h1-4,13,17H,5-10H2,(H,18,19);1H. The number of amides is 1. The molecule has 1 atom stereocenters. The highest BCUT2D eigenvalue weighted by atomic mass is 79.9. The van der Waals surface area contributed by atoms with E-state index in [9.17, 15) is 4.79 Å². The van der Waals surface area contributed by atoms with Gasteiger partial charge in [-0.1, -0.05) is 28.1 Å². The molecule has 1 aliphatic heterocycles. The number of halogens is 2. The molecule has 1 saturated carbocycles. The van der Waals surface area contributed by atoms with Crippen molar-refractivity contribution in [3.63, 3.8) is 0 Å². The first-order valence-corrected chi connectivity index (χ1v) is 7.85. The van der Waals surface area contributed by atoms with Gasteiger partial charge in [-0.2, -0.15) is 0 Å². The highest BCUT2D eigenvalue weighted by molar-refractivity contribution is 9.10. The van der Waals surface area contributed by atoms with Crippen LogP contribution in [0.25, 0.3) is 0 Å². The second-order valence-electron chi connectivity index (χ2n) is 5.57. The van der Waals surface area contributed by atoms with E-state index >= 15 is 0 Å². The van der Waals surface area contributed by atoms with Crippen molar-refractivity contribution in [1.82, 2.24) is 10.6 Å². The monoisotopic (exact) mass is 374 g/mol. The van der Waals surface area contributed by atoms with Crippen molar-refractivity contribution in [2.75, 3.05) is 19.8 Å². The molecule has 2 N–H and O–H groups in total. The fourth-order valence-electron chi connectivity index (χ4n) is 2.67. The molecule has 4 nitrogen and oxygen atoms in total. The third-order valence-electron chi connectivity index (χ3n) is 3.96. The minimum Gasteiger partial charge on any atom is -0.378 e. The highest BCUT2D eigenvalue weighted by Crippen LogP contribution is 2.45. The summed E-state index contributed by atoms with van der Waals surface area (Å²) in [5.74, 6) is 0.105. The molecule has 0 aromatic heterocycles. The zero-order valence-electron chi connectivity index (χ0n) is 11.7. The minimum absolute atomic E-state index is 0. The molecule has 0 bridgehead atoms. The maximum absolute atomic E-state index is 12.2. The van der Waals surface area contributed by atoms with Gasteiger partial charge in [0.2, 0.25) is 5.91 Å². The van der Waals surface area contributed by atoms with Gasteiger partial charge in [-0.05, 0) is 30.5 Å². The molecule has 1 aromatic rings. The van der Waals surface area contributed by atoms with Crippen LogP contribution in [0.1, 0.15) is 24.8 Å². The summed E-state index contributed by atoms with van der Waals surface area (Å²) in [6, 6.07) is 8.36. The van der Waals surface area contributed by atoms with Gasteiger partial charge in [-0.3, -0.25) is 4.79 Å². The molecule has 2 fully saturated rings. The first-order chi connectivity index (χ1) is 9.68. The Morgan fingerprint density at radius 1 is 1.38 bits per heavy atom. The maximum atomic E-state index is 12.2. The summed E-state index contributed by atoms with van der Waals surface area (Å²) in [4.78, 5) is 12.2. The maximum Gasteiger partial charge on any atom is 0.222 e. The molecule has 1 aromatic carbocycles. The molecule has 3 rings (SSSR count). The molecule has 116 valence electrons. The van der Waals surface area contributed by atoms with E-state index < -0.39 is 0 Å². The molecule has 1 heterocycles. The molecule has 6 heteroatoms. The Kier molecular flexibility index (Phi) is 5.66. The van der Waals surface area contributed by atoms with Gasteiger partial charge in [0.1, 0.15) is 0 Å². The molecule has 1 amide bonds. The van der Waals surface area contributed by atoms with Crippen LogP contribution < -0.4 is 10.6 Å².